The lowest BCUT2D eigenvalue weighted by atomic mass is 10.1. The Morgan fingerprint density at radius 3 is 2.70 bits per heavy atom. The molecular weight excluding hydrogens is 329 g/mol. The molecule has 3 rings (SSSR count). The highest BCUT2D eigenvalue weighted by Gasteiger charge is 2.32. The normalized spacial score (nSPS) is 12.0. The van der Waals surface area contributed by atoms with Gasteiger partial charge in [-0.15, -0.1) is 0 Å². The van der Waals surface area contributed by atoms with Gasteiger partial charge in [-0.1, -0.05) is 11.6 Å². The second-order valence-corrected chi connectivity index (χ2v) is 5.36. The minimum atomic E-state index is -4.49. The van der Waals surface area contributed by atoms with Crippen LogP contribution in [-0.2, 0) is 12.6 Å². The van der Waals surface area contributed by atoms with Crippen molar-refractivity contribution in [3.63, 3.8) is 0 Å². The number of pyridine rings is 2. The second-order valence-electron chi connectivity index (χ2n) is 4.96. The van der Waals surface area contributed by atoms with Crippen molar-refractivity contribution in [2.75, 3.05) is 6.54 Å². The van der Waals surface area contributed by atoms with Gasteiger partial charge in [-0.2, -0.15) is 13.2 Å². The Bertz CT molecular complexity index is 843. The molecule has 120 valence electrons. The molecule has 0 aliphatic heterocycles. The molecule has 0 amide bonds. The maximum absolute atomic E-state index is 13.0. The molecule has 2 N–H and O–H groups in total. The van der Waals surface area contributed by atoms with Gasteiger partial charge in [0.15, 0.2) is 5.65 Å². The van der Waals surface area contributed by atoms with Crippen molar-refractivity contribution in [2.24, 2.45) is 5.73 Å². The van der Waals surface area contributed by atoms with E-state index in [0.717, 1.165) is 12.3 Å². The smallest absolute Gasteiger partial charge is 0.330 e. The number of aromatic nitrogens is 3. The molecular formula is C15H12ClF3N4. The maximum Gasteiger partial charge on any atom is 0.417 e. The molecule has 0 aliphatic rings. The Morgan fingerprint density at radius 2 is 2.09 bits per heavy atom. The van der Waals surface area contributed by atoms with Crippen molar-refractivity contribution in [3.8, 4) is 11.3 Å². The lowest BCUT2D eigenvalue weighted by Gasteiger charge is -2.09. The predicted octanol–water partition coefficient (Wildman–Crippen LogP) is 3.57. The molecule has 0 saturated heterocycles. The van der Waals surface area contributed by atoms with E-state index >= 15 is 0 Å². The van der Waals surface area contributed by atoms with E-state index in [9.17, 15) is 13.2 Å². The van der Waals surface area contributed by atoms with Gasteiger partial charge < -0.3 is 10.1 Å². The van der Waals surface area contributed by atoms with Crippen LogP contribution in [-0.4, -0.2) is 20.9 Å². The van der Waals surface area contributed by atoms with Crippen LogP contribution >= 0.6 is 11.6 Å². The zero-order valence-corrected chi connectivity index (χ0v) is 12.6. The monoisotopic (exact) mass is 340 g/mol. The van der Waals surface area contributed by atoms with Gasteiger partial charge in [-0.25, -0.2) is 4.98 Å². The highest BCUT2D eigenvalue weighted by Crippen LogP contribution is 2.34. The van der Waals surface area contributed by atoms with E-state index in [1.54, 1.807) is 24.5 Å². The van der Waals surface area contributed by atoms with Gasteiger partial charge in [0.25, 0.3) is 0 Å². The quantitative estimate of drug-likeness (QED) is 0.793. The SMILES string of the molecule is NCCc1c(-c2cccnc2)nc2c(Cl)cc(C(F)(F)F)cn12. The van der Waals surface area contributed by atoms with Crippen LogP contribution in [0.15, 0.2) is 36.8 Å². The van der Waals surface area contributed by atoms with Crippen LogP contribution in [0, 0.1) is 0 Å². The Hall–Kier alpha value is -2.12. The first-order chi connectivity index (χ1) is 10.9. The molecule has 0 radical (unpaired) electrons. The van der Waals surface area contributed by atoms with Crippen LogP contribution < -0.4 is 5.73 Å². The molecule has 8 heteroatoms. The summed E-state index contributed by atoms with van der Waals surface area (Å²) in [7, 11) is 0. The van der Waals surface area contributed by atoms with Gasteiger partial charge in [-0.05, 0) is 24.7 Å². The van der Waals surface area contributed by atoms with Crippen molar-refractivity contribution in [1.82, 2.24) is 14.4 Å². The van der Waals surface area contributed by atoms with Gasteiger partial charge in [0.05, 0.1) is 22.0 Å². The van der Waals surface area contributed by atoms with Gasteiger partial charge >= 0.3 is 6.18 Å². The van der Waals surface area contributed by atoms with Crippen LogP contribution in [0.25, 0.3) is 16.9 Å². The number of halogens is 4. The number of nitrogens with zero attached hydrogens (tertiary/aromatic N) is 3. The van der Waals surface area contributed by atoms with E-state index in [2.05, 4.69) is 9.97 Å². The van der Waals surface area contributed by atoms with Gasteiger partial charge in [0.2, 0.25) is 0 Å². The fraction of sp³-hybridized carbons (Fsp3) is 0.200. The minimum Gasteiger partial charge on any atom is -0.330 e. The average Bonchev–Trinajstić information content (AvgIpc) is 2.87. The third kappa shape index (κ3) is 2.89. The third-order valence-corrected chi connectivity index (χ3v) is 3.70. The zero-order chi connectivity index (χ0) is 16.6. The van der Waals surface area contributed by atoms with Crippen molar-refractivity contribution in [3.05, 3.63) is 53.1 Å². The van der Waals surface area contributed by atoms with Gasteiger partial charge in [-0.3, -0.25) is 4.98 Å². The summed E-state index contributed by atoms with van der Waals surface area (Å²) < 4.78 is 40.4. The molecule has 0 atom stereocenters. The number of rotatable bonds is 3. The lowest BCUT2D eigenvalue weighted by molar-refractivity contribution is -0.137. The Morgan fingerprint density at radius 1 is 1.30 bits per heavy atom. The number of hydrogen-bond donors (Lipinski definition) is 1. The van der Waals surface area contributed by atoms with E-state index < -0.39 is 11.7 Å². The molecule has 0 fully saturated rings. The van der Waals surface area contributed by atoms with Crippen LogP contribution in [0.1, 0.15) is 11.3 Å². The summed E-state index contributed by atoms with van der Waals surface area (Å²) in [6.07, 6.45) is 0.0790. The number of fused-ring (bicyclic) bond motifs is 1. The topological polar surface area (TPSA) is 56.2 Å². The minimum absolute atomic E-state index is 0.0618. The summed E-state index contributed by atoms with van der Waals surface area (Å²) in [6, 6.07) is 4.39. The Balaban J connectivity index is 2.31. The highest BCUT2D eigenvalue weighted by atomic mass is 35.5. The van der Waals surface area contributed by atoms with Crippen LogP contribution in [0.4, 0.5) is 13.2 Å². The van der Waals surface area contributed by atoms with E-state index in [-0.39, 0.29) is 17.2 Å². The van der Waals surface area contributed by atoms with Crippen molar-refractivity contribution >= 4 is 17.2 Å². The third-order valence-electron chi connectivity index (χ3n) is 3.42. The molecule has 0 aromatic carbocycles. The second kappa shape index (κ2) is 5.82. The van der Waals surface area contributed by atoms with Gasteiger partial charge in [0.1, 0.15) is 0 Å². The first-order valence-corrected chi connectivity index (χ1v) is 7.17. The summed E-state index contributed by atoms with van der Waals surface area (Å²) in [5.41, 5.74) is 6.85. The molecule has 3 aromatic rings. The molecule has 0 unspecified atom stereocenters. The van der Waals surface area contributed by atoms with Crippen molar-refractivity contribution < 1.29 is 13.2 Å². The first kappa shape index (κ1) is 15.8. The summed E-state index contributed by atoms with van der Waals surface area (Å²) in [6.45, 7) is 0.273. The standard InChI is InChI=1S/C15H12ClF3N4/c16-11-6-10(15(17,18)19)8-23-12(3-4-20)13(22-14(11)23)9-2-1-5-21-7-9/h1-2,5-8H,3-4,20H2. The predicted molar refractivity (Wildman–Crippen MR) is 81.2 cm³/mol. The largest absolute Gasteiger partial charge is 0.417 e. The molecule has 0 aliphatic carbocycles. The summed E-state index contributed by atoms with van der Waals surface area (Å²) in [5.74, 6) is 0. The fourth-order valence-electron chi connectivity index (χ4n) is 2.42. The summed E-state index contributed by atoms with van der Waals surface area (Å²) in [4.78, 5) is 8.41. The molecule has 3 heterocycles. The van der Waals surface area contributed by atoms with Gasteiger partial charge in [0, 0.05) is 30.6 Å². The average molecular weight is 341 g/mol. The van der Waals surface area contributed by atoms with Crippen LogP contribution in [0.3, 0.4) is 0 Å². The molecule has 0 saturated carbocycles. The molecule has 4 nitrogen and oxygen atoms in total. The Labute approximate surface area is 134 Å². The molecule has 0 bridgehead atoms. The van der Waals surface area contributed by atoms with Crippen molar-refractivity contribution in [1.29, 1.82) is 0 Å². The Kier molecular flexibility index (Phi) is 3.99. The number of imidazole rings is 1. The van der Waals surface area contributed by atoms with Crippen LogP contribution in [0.2, 0.25) is 5.02 Å². The van der Waals surface area contributed by atoms with Crippen LogP contribution in [0.5, 0.6) is 0 Å². The number of hydrogen-bond acceptors (Lipinski definition) is 3. The lowest BCUT2D eigenvalue weighted by Crippen LogP contribution is -2.10. The zero-order valence-electron chi connectivity index (χ0n) is 11.8. The van der Waals surface area contributed by atoms with E-state index in [0.29, 0.717) is 23.4 Å². The van der Waals surface area contributed by atoms with E-state index in [4.69, 9.17) is 17.3 Å². The maximum atomic E-state index is 13.0. The number of alkyl halides is 3. The fourth-order valence-corrected chi connectivity index (χ4v) is 2.67. The summed E-state index contributed by atoms with van der Waals surface area (Å²) >= 11 is 6.01. The molecule has 23 heavy (non-hydrogen) atoms. The first-order valence-electron chi connectivity index (χ1n) is 6.80. The van der Waals surface area contributed by atoms with E-state index in [1.165, 1.54) is 4.40 Å². The molecule has 0 spiro atoms. The van der Waals surface area contributed by atoms with Crippen molar-refractivity contribution in [2.45, 2.75) is 12.6 Å². The molecule has 3 aromatic heterocycles. The highest BCUT2D eigenvalue weighted by molar-refractivity contribution is 6.33. The van der Waals surface area contributed by atoms with E-state index in [1.807, 2.05) is 0 Å². The number of nitrogens with two attached hydrogens (primary N) is 1. The summed E-state index contributed by atoms with van der Waals surface area (Å²) in [5, 5.41) is -0.0618.